The van der Waals surface area contributed by atoms with Crippen molar-refractivity contribution in [2.45, 2.75) is 13.5 Å². The van der Waals surface area contributed by atoms with Crippen LogP contribution in [0.25, 0.3) is 0 Å². The van der Waals surface area contributed by atoms with Crippen molar-refractivity contribution >= 4 is 5.91 Å². The summed E-state index contributed by atoms with van der Waals surface area (Å²) < 4.78 is 0. The zero-order valence-electron chi connectivity index (χ0n) is 10.4. The molecule has 3 heteroatoms. The van der Waals surface area contributed by atoms with Crippen molar-refractivity contribution in [3.8, 4) is 12.3 Å². The Hall–Kier alpha value is -1.79. The first-order chi connectivity index (χ1) is 8.11. The molecule has 1 amide bonds. The summed E-state index contributed by atoms with van der Waals surface area (Å²) in [6.45, 7) is 3.46. The van der Waals surface area contributed by atoms with Crippen molar-refractivity contribution in [3.05, 3.63) is 35.4 Å². The van der Waals surface area contributed by atoms with Crippen LogP contribution in [0.1, 0.15) is 11.1 Å². The highest BCUT2D eigenvalue weighted by Gasteiger charge is 2.06. The molecule has 0 atom stereocenters. The lowest BCUT2D eigenvalue weighted by Crippen LogP contribution is -2.34. The molecule has 0 spiro atoms. The Balaban J connectivity index is 2.42. The summed E-state index contributed by atoms with van der Waals surface area (Å²) in [6.07, 6.45) is 5.07. The van der Waals surface area contributed by atoms with Crippen LogP contribution in [-0.4, -0.2) is 30.9 Å². The third-order valence-corrected chi connectivity index (χ3v) is 2.34. The molecule has 0 heterocycles. The van der Waals surface area contributed by atoms with E-state index in [0.717, 1.165) is 6.54 Å². The van der Waals surface area contributed by atoms with Gasteiger partial charge in [-0.25, -0.2) is 0 Å². The van der Waals surface area contributed by atoms with E-state index in [9.17, 15) is 4.79 Å². The maximum absolute atomic E-state index is 11.4. The molecule has 0 saturated carbocycles. The van der Waals surface area contributed by atoms with Crippen LogP contribution in [0.3, 0.4) is 0 Å². The van der Waals surface area contributed by atoms with Gasteiger partial charge in [0, 0.05) is 6.54 Å². The molecule has 0 bridgehead atoms. The molecule has 1 N–H and O–H groups in total. The van der Waals surface area contributed by atoms with E-state index in [0.29, 0.717) is 6.54 Å². The van der Waals surface area contributed by atoms with E-state index in [1.165, 1.54) is 11.1 Å². The first kappa shape index (κ1) is 13.3. The minimum Gasteiger partial charge on any atom is -0.344 e. The number of hydrogen-bond acceptors (Lipinski definition) is 2. The number of hydrogen-bond donors (Lipinski definition) is 1. The molecule has 1 aromatic carbocycles. The van der Waals surface area contributed by atoms with Gasteiger partial charge in [-0.3, -0.25) is 9.69 Å². The lowest BCUT2D eigenvalue weighted by molar-refractivity contribution is -0.121. The van der Waals surface area contributed by atoms with Crippen molar-refractivity contribution < 1.29 is 4.79 Å². The van der Waals surface area contributed by atoms with Crippen LogP contribution in [0.15, 0.2) is 24.3 Å². The summed E-state index contributed by atoms with van der Waals surface area (Å²) in [5, 5.41) is 2.64. The molecule has 0 unspecified atom stereocenters. The van der Waals surface area contributed by atoms with E-state index < -0.39 is 0 Å². The summed E-state index contributed by atoms with van der Waals surface area (Å²) in [5.41, 5.74) is 2.44. The molecule has 1 rings (SSSR count). The maximum Gasteiger partial charge on any atom is 0.234 e. The fourth-order valence-electron chi connectivity index (χ4n) is 1.63. The van der Waals surface area contributed by atoms with E-state index in [2.05, 4.69) is 36.4 Å². The molecule has 0 aliphatic carbocycles. The highest BCUT2D eigenvalue weighted by atomic mass is 16.1. The summed E-state index contributed by atoms with van der Waals surface area (Å²) in [5.74, 6) is 2.34. The highest BCUT2D eigenvalue weighted by molar-refractivity contribution is 5.78. The third-order valence-electron chi connectivity index (χ3n) is 2.34. The second-order valence-electron chi connectivity index (χ2n) is 4.14. The molecule has 0 saturated heterocycles. The van der Waals surface area contributed by atoms with Crippen LogP contribution in [-0.2, 0) is 11.3 Å². The SMILES string of the molecule is C#CCNC(=O)CN(C)Cc1cccc(C)c1. The number of likely N-dealkylation sites (N-methyl/N-ethyl adjacent to an activating group) is 1. The molecule has 0 aliphatic rings. The number of nitrogens with one attached hydrogen (secondary N) is 1. The molecule has 0 aliphatic heterocycles. The van der Waals surface area contributed by atoms with E-state index in [1.54, 1.807) is 0 Å². The van der Waals surface area contributed by atoms with E-state index in [4.69, 9.17) is 6.42 Å². The van der Waals surface area contributed by atoms with Gasteiger partial charge in [0.15, 0.2) is 0 Å². The molecule has 0 radical (unpaired) electrons. The van der Waals surface area contributed by atoms with Gasteiger partial charge >= 0.3 is 0 Å². The van der Waals surface area contributed by atoms with Gasteiger partial charge in [-0.15, -0.1) is 6.42 Å². The minimum atomic E-state index is -0.0434. The van der Waals surface area contributed by atoms with E-state index in [-0.39, 0.29) is 12.5 Å². The molecular weight excluding hydrogens is 212 g/mol. The van der Waals surface area contributed by atoms with Gasteiger partial charge in [-0.1, -0.05) is 35.7 Å². The Labute approximate surface area is 103 Å². The van der Waals surface area contributed by atoms with Gasteiger partial charge in [0.2, 0.25) is 5.91 Å². The number of amides is 1. The van der Waals surface area contributed by atoms with Crippen molar-refractivity contribution in [2.75, 3.05) is 20.1 Å². The molecule has 0 aromatic heterocycles. The van der Waals surface area contributed by atoms with Crippen LogP contribution in [0.4, 0.5) is 0 Å². The molecule has 0 fully saturated rings. The fourth-order valence-corrected chi connectivity index (χ4v) is 1.63. The first-order valence-electron chi connectivity index (χ1n) is 5.56. The fraction of sp³-hybridized carbons (Fsp3) is 0.357. The average Bonchev–Trinajstić information content (AvgIpc) is 2.26. The Morgan fingerprint density at radius 2 is 2.29 bits per heavy atom. The molecule has 90 valence electrons. The number of benzene rings is 1. The Bertz CT molecular complexity index is 420. The summed E-state index contributed by atoms with van der Waals surface area (Å²) >= 11 is 0. The average molecular weight is 230 g/mol. The lowest BCUT2D eigenvalue weighted by Gasteiger charge is -2.16. The second-order valence-corrected chi connectivity index (χ2v) is 4.14. The molecule has 1 aromatic rings. The molecular formula is C14H18N2O. The summed E-state index contributed by atoms with van der Waals surface area (Å²) in [4.78, 5) is 13.4. The number of carbonyl (C=O) groups is 1. The van der Waals surface area contributed by atoms with Crippen molar-refractivity contribution in [2.24, 2.45) is 0 Å². The van der Waals surface area contributed by atoms with Crippen LogP contribution in [0, 0.1) is 19.3 Å². The Morgan fingerprint density at radius 1 is 1.53 bits per heavy atom. The highest BCUT2D eigenvalue weighted by Crippen LogP contribution is 2.06. The normalized spacial score (nSPS) is 10.0. The zero-order valence-corrected chi connectivity index (χ0v) is 10.4. The quantitative estimate of drug-likeness (QED) is 0.770. The summed E-state index contributed by atoms with van der Waals surface area (Å²) in [7, 11) is 1.91. The standard InChI is InChI=1S/C14H18N2O/c1-4-8-15-14(17)11-16(3)10-13-7-5-6-12(2)9-13/h1,5-7,9H,8,10-11H2,2-3H3,(H,15,17). The Morgan fingerprint density at radius 3 is 2.94 bits per heavy atom. The predicted octanol–water partition coefficient (Wildman–Crippen LogP) is 1.18. The van der Waals surface area contributed by atoms with E-state index in [1.807, 2.05) is 18.0 Å². The van der Waals surface area contributed by atoms with Crippen molar-refractivity contribution in [1.82, 2.24) is 10.2 Å². The van der Waals surface area contributed by atoms with Gasteiger partial charge in [0.05, 0.1) is 13.1 Å². The topological polar surface area (TPSA) is 32.3 Å². The third kappa shape index (κ3) is 5.19. The van der Waals surface area contributed by atoms with Gasteiger partial charge < -0.3 is 5.32 Å². The van der Waals surface area contributed by atoms with Crippen LogP contribution >= 0.6 is 0 Å². The van der Waals surface area contributed by atoms with Gasteiger partial charge in [-0.05, 0) is 19.5 Å². The van der Waals surface area contributed by atoms with Crippen molar-refractivity contribution in [3.63, 3.8) is 0 Å². The van der Waals surface area contributed by atoms with Crippen LogP contribution < -0.4 is 5.32 Å². The first-order valence-corrected chi connectivity index (χ1v) is 5.56. The zero-order chi connectivity index (χ0) is 12.7. The number of terminal acetylenes is 1. The summed E-state index contributed by atoms with van der Waals surface area (Å²) in [6, 6.07) is 8.26. The molecule has 3 nitrogen and oxygen atoms in total. The number of rotatable bonds is 5. The van der Waals surface area contributed by atoms with Crippen LogP contribution in [0.5, 0.6) is 0 Å². The van der Waals surface area contributed by atoms with Gasteiger partial charge in [-0.2, -0.15) is 0 Å². The molecule has 17 heavy (non-hydrogen) atoms. The smallest absolute Gasteiger partial charge is 0.234 e. The minimum absolute atomic E-state index is 0.0434. The van der Waals surface area contributed by atoms with E-state index >= 15 is 0 Å². The van der Waals surface area contributed by atoms with Gasteiger partial charge in [0.25, 0.3) is 0 Å². The number of carbonyl (C=O) groups excluding carboxylic acids is 1. The van der Waals surface area contributed by atoms with Gasteiger partial charge in [0.1, 0.15) is 0 Å². The number of aryl methyl sites for hydroxylation is 1. The second kappa shape index (κ2) is 6.72. The Kier molecular flexibility index (Phi) is 5.25. The van der Waals surface area contributed by atoms with Crippen LogP contribution in [0.2, 0.25) is 0 Å². The maximum atomic E-state index is 11.4. The lowest BCUT2D eigenvalue weighted by atomic mass is 10.1. The largest absolute Gasteiger partial charge is 0.344 e. The monoisotopic (exact) mass is 230 g/mol. The predicted molar refractivity (Wildman–Crippen MR) is 69.4 cm³/mol. The number of nitrogens with zero attached hydrogens (tertiary/aromatic N) is 1. The van der Waals surface area contributed by atoms with Crippen molar-refractivity contribution in [1.29, 1.82) is 0 Å².